The van der Waals surface area contributed by atoms with Crippen LogP contribution in [-0.2, 0) is 17.9 Å². The number of methoxy groups -OCH3 is 1. The van der Waals surface area contributed by atoms with Crippen molar-refractivity contribution in [2.75, 3.05) is 18.2 Å². The third kappa shape index (κ3) is 3.39. The molecule has 0 spiro atoms. The fraction of sp³-hybridized carbons (Fsp3) is 0.250. The van der Waals surface area contributed by atoms with Gasteiger partial charge in [-0.2, -0.15) is 0 Å². The van der Waals surface area contributed by atoms with Crippen molar-refractivity contribution in [1.29, 1.82) is 0 Å². The molecular formula is C12H15N5O. The highest BCUT2D eigenvalue weighted by molar-refractivity contribution is 5.44. The number of nitrogens with zero attached hydrogens (tertiary/aromatic N) is 3. The van der Waals surface area contributed by atoms with Gasteiger partial charge in [0.25, 0.3) is 0 Å². The summed E-state index contributed by atoms with van der Waals surface area (Å²) in [5.41, 5.74) is 6.82. The van der Waals surface area contributed by atoms with E-state index in [0.717, 1.165) is 5.56 Å². The Morgan fingerprint density at radius 3 is 2.78 bits per heavy atom. The molecule has 94 valence electrons. The molecule has 2 aromatic heterocycles. The Kier molecular flexibility index (Phi) is 4.03. The van der Waals surface area contributed by atoms with Crippen molar-refractivity contribution in [2.45, 2.75) is 13.2 Å². The van der Waals surface area contributed by atoms with Crippen LogP contribution in [0.5, 0.6) is 0 Å². The predicted molar refractivity (Wildman–Crippen MR) is 68.7 cm³/mol. The maximum Gasteiger partial charge on any atom is 0.158 e. The summed E-state index contributed by atoms with van der Waals surface area (Å²) in [7, 11) is 1.59. The van der Waals surface area contributed by atoms with Crippen molar-refractivity contribution < 1.29 is 4.74 Å². The molecule has 0 aromatic carbocycles. The van der Waals surface area contributed by atoms with Gasteiger partial charge in [-0.15, -0.1) is 0 Å². The average Bonchev–Trinajstić information content (AvgIpc) is 2.37. The molecule has 0 saturated heterocycles. The number of anilines is 2. The van der Waals surface area contributed by atoms with E-state index in [0.29, 0.717) is 30.6 Å². The summed E-state index contributed by atoms with van der Waals surface area (Å²) in [6.45, 7) is 1.00. The quantitative estimate of drug-likeness (QED) is 0.823. The maximum atomic E-state index is 5.70. The normalized spacial score (nSPS) is 10.3. The van der Waals surface area contributed by atoms with Gasteiger partial charge in [0, 0.05) is 32.1 Å². The number of ether oxygens (including phenoxy) is 1. The van der Waals surface area contributed by atoms with Crippen LogP contribution in [0.3, 0.4) is 0 Å². The van der Waals surface area contributed by atoms with Crippen molar-refractivity contribution >= 4 is 11.6 Å². The molecular weight excluding hydrogens is 230 g/mol. The second-order valence-electron chi connectivity index (χ2n) is 3.74. The molecule has 18 heavy (non-hydrogen) atoms. The molecule has 0 aliphatic carbocycles. The molecule has 0 amide bonds. The van der Waals surface area contributed by atoms with Gasteiger partial charge in [-0.3, -0.25) is 4.98 Å². The number of nitrogens with two attached hydrogens (primary N) is 1. The second-order valence-corrected chi connectivity index (χ2v) is 3.74. The lowest BCUT2D eigenvalue weighted by atomic mass is 10.3. The van der Waals surface area contributed by atoms with Gasteiger partial charge in [0.2, 0.25) is 0 Å². The first-order valence-corrected chi connectivity index (χ1v) is 5.53. The third-order valence-electron chi connectivity index (χ3n) is 2.29. The molecule has 2 heterocycles. The zero-order valence-corrected chi connectivity index (χ0v) is 10.1. The van der Waals surface area contributed by atoms with E-state index in [9.17, 15) is 0 Å². The summed E-state index contributed by atoms with van der Waals surface area (Å²) in [5, 5.41) is 3.19. The molecule has 6 nitrogen and oxygen atoms in total. The number of hydrogen-bond acceptors (Lipinski definition) is 6. The molecule has 3 N–H and O–H groups in total. The fourth-order valence-corrected chi connectivity index (χ4v) is 1.50. The zero-order chi connectivity index (χ0) is 12.8. The second kappa shape index (κ2) is 5.92. The Morgan fingerprint density at radius 1 is 1.28 bits per heavy atom. The Bertz CT molecular complexity index is 503. The van der Waals surface area contributed by atoms with Crippen LogP contribution in [-0.4, -0.2) is 22.1 Å². The van der Waals surface area contributed by atoms with Crippen LogP contribution < -0.4 is 11.1 Å². The van der Waals surface area contributed by atoms with E-state index in [1.165, 1.54) is 0 Å². The van der Waals surface area contributed by atoms with E-state index in [1.807, 2.05) is 12.1 Å². The Hall–Kier alpha value is -2.21. The molecule has 0 atom stereocenters. The summed E-state index contributed by atoms with van der Waals surface area (Å²) in [4.78, 5) is 12.3. The highest BCUT2D eigenvalue weighted by Gasteiger charge is 2.02. The smallest absolute Gasteiger partial charge is 0.158 e. The zero-order valence-electron chi connectivity index (χ0n) is 10.1. The standard InChI is InChI=1S/C12H15N5O/c1-18-8-12-16-10(13)6-11(17-12)15-7-9-2-4-14-5-3-9/h2-6H,7-8H2,1H3,(H3,13,15,16,17). The van der Waals surface area contributed by atoms with Crippen molar-refractivity contribution in [3.05, 3.63) is 42.0 Å². The van der Waals surface area contributed by atoms with Gasteiger partial charge in [0.15, 0.2) is 5.82 Å². The summed E-state index contributed by atoms with van der Waals surface area (Å²) in [5.74, 6) is 1.68. The summed E-state index contributed by atoms with van der Waals surface area (Å²) < 4.78 is 4.98. The number of hydrogen-bond donors (Lipinski definition) is 2. The lowest BCUT2D eigenvalue weighted by molar-refractivity contribution is 0.178. The minimum absolute atomic E-state index is 0.342. The van der Waals surface area contributed by atoms with Crippen molar-refractivity contribution in [3.8, 4) is 0 Å². The van der Waals surface area contributed by atoms with E-state index in [-0.39, 0.29) is 0 Å². The van der Waals surface area contributed by atoms with Gasteiger partial charge in [-0.1, -0.05) is 0 Å². The fourth-order valence-electron chi connectivity index (χ4n) is 1.50. The van der Waals surface area contributed by atoms with Crippen molar-refractivity contribution in [3.63, 3.8) is 0 Å². The molecule has 6 heteroatoms. The molecule has 0 saturated carbocycles. The first-order valence-electron chi connectivity index (χ1n) is 5.53. The average molecular weight is 245 g/mol. The minimum Gasteiger partial charge on any atom is -0.384 e. The van der Waals surface area contributed by atoms with Gasteiger partial charge in [-0.25, -0.2) is 9.97 Å². The van der Waals surface area contributed by atoms with Crippen LogP contribution in [0.25, 0.3) is 0 Å². The number of nitrogen functional groups attached to an aromatic ring is 1. The number of aromatic nitrogens is 3. The molecule has 0 fully saturated rings. The largest absolute Gasteiger partial charge is 0.384 e. The van der Waals surface area contributed by atoms with Gasteiger partial charge >= 0.3 is 0 Å². The van der Waals surface area contributed by atoms with Crippen LogP contribution in [0.4, 0.5) is 11.6 Å². The summed E-state index contributed by atoms with van der Waals surface area (Å²) >= 11 is 0. The van der Waals surface area contributed by atoms with E-state index in [4.69, 9.17) is 10.5 Å². The maximum absolute atomic E-state index is 5.70. The Balaban J connectivity index is 2.05. The molecule has 2 rings (SSSR count). The van der Waals surface area contributed by atoms with E-state index in [1.54, 1.807) is 25.6 Å². The molecule has 0 bridgehead atoms. The molecule has 0 radical (unpaired) electrons. The van der Waals surface area contributed by atoms with Gasteiger partial charge in [-0.05, 0) is 17.7 Å². The number of pyridine rings is 1. The van der Waals surface area contributed by atoms with E-state index < -0.39 is 0 Å². The molecule has 0 unspecified atom stereocenters. The lowest BCUT2D eigenvalue weighted by Gasteiger charge is -2.08. The third-order valence-corrected chi connectivity index (χ3v) is 2.29. The summed E-state index contributed by atoms with van der Waals surface area (Å²) in [6.07, 6.45) is 3.50. The van der Waals surface area contributed by atoms with Gasteiger partial charge < -0.3 is 15.8 Å². The van der Waals surface area contributed by atoms with Crippen LogP contribution in [0.15, 0.2) is 30.6 Å². The Labute approximate surface area is 105 Å². The van der Waals surface area contributed by atoms with Crippen molar-refractivity contribution in [1.82, 2.24) is 15.0 Å². The molecule has 2 aromatic rings. The molecule has 0 aliphatic heterocycles. The number of rotatable bonds is 5. The lowest BCUT2D eigenvalue weighted by Crippen LogP contribution is -2.07. The van der Waals surface area contributed by atoms with Crippen LogP contribution in [0, 0.1) is 0 Å². The molecule has 0 aliphatic rings. The van der Waals surface area contributed by atoms with Gasteiger partial charge in [0.1, 0.15) is 18.2 Å². The van der Waals surface area contributed by atoms with Gasteiger partial charge in [0.05, 0.1) is 0 Å². The SMILES string of the molecule is COCc1nc(N)cc(NCc2ccncc2)n1. The van der Waals surface area contributed by atoms with Crippen molar-refractivity contribution in [2.24, 2.45) is 0 Å². The minimum atomic E-state index is 0.342. The van der Waals surface area contributed by atoms with Crippen LogP contribution in [0.2, 0.25) is 0 Å². The highest BCUT2D eigenvalue weighted by atomic mass is 16.5. The first kappa shape index (κ1) is 12.3. The highest BCUT2D eigenvalue weighted by Crippen LogP contribution is 2.10. The first-order chi connectivity index (χ1) is 8.78. The van der Waals surface area contributed by atoms with E-state index >= 15 is 0 Å². The summed E-state index contributed by atoms with van der Waals surface area (Å²) in [6, 6.07) is 5.57. The van der Waals surface area contributed by atoms with Crippen LogP contribution in [0.1, 0.15) is 11.4 Å². The monoisotopic (exact) mass is 245 g/mol. The topological polar surface area (TPSA) is 86.0 Å². The predicted octanol–water partition coefficient (Wildman–Crippen LogP) is 1.21. The van der Waals surface area contributed by atoms with E-state index in [2.05, 4.69) is 20.3 Å². The number of nitrogens with one attached hydrogen (secondary N) is 1. The van der Waals surface area contributed by atoms with Crippen LogP contribution >= 0.6 is 0 Å². The Morgan fingerprint density at radius 2 is 2.06 bits per heavy atom.